The minimum atomic E-state index is -1.17. The van der Waals surface area contributed by atoms with Gasteiger partial charge < -0.3 is 19.9 Å². The van der Waals surface area contributed by atoms with E-state index in [2.05, 4.69) is 11.9 Å². The van der Waals surface area contributed by atoms with Gasteiger partial charge in [-0.15, -0.1) is 0 Å². The highest BCUT2D eigenvalue weighted by atomic mass is 16.6. The number of rotatable bonds is 5. The standard InChI is InChI=1S/C12H21NO5/c1-6-7-17-10(15)9(8(2)14)13-11(16)18-12(3,4)5/h6,8-9,14H,1,7H2,2-5H3,(H,13,16)/t8-,9+/m1/s1. The van der Waals surface area contributed by atoms with Crippen molar-refractivity contribution in [3.63, 3.8) is 0 Å². The molecule has 2 atom stereocenters. The van der Waals surface area contributed by atoms with Crippen molar-refractivity contribution in [3.8, 4) is 0 Å². The third-order valence-corrected chi connectivity index (χ3v) is 1.75. The maximum Gasteiger partial charge on any atom is 0.408 e. The molecule has 0 saturated carbocycles. The Balaban J connectivity index is 4.49. The quantitative estimate of drug-likeness (QED) is 0.568. The molecule has 0 aromatic carbocycles. The molecule has 0 aliphatic heterocycles. The Hall–Kier alpha value is -1.56. The maximum absolute atomic E-state index is 11.5. The first-order valence-corrected chi connectivity index (χ1v) is 5.62. The van der Waals surface area contributed by atoms with Crippen LogP contribution in [0.3, 0.4) is 0 Å². The van der Waals surface area contributed by atoms with Crippen LogP contribution in [0.4, 0.5) is 4.79 Å². The number of aliphatic hydroxyl groups is 1. The highest BCUT2D eigenvalue weighted by Crippen LogP contribution is 2.07. The summed E-state index contributed by atoms with van der Waals surface area (Å²) in [5, 5.41) is 11.7. The van der Waals surface area contributed by atoms with Crippen LogP contribution in [-0.2, 0) is 14.3 Å². The van der Waals surface area contributed by atoms with Crippen molar-refractivity contribution >= 4 is 12.1 Å². The van der Waals surface area contributed by atoms with Crippen molar-refractivity contribution in [2.75, 3.05) is 6.61 Å². The Morgan fingerprint density at radius 3 is 2.39 bits per heavy atom. The van der Waals surface area contributed by atoms with Crippen LogP contribution in [0, 0.1) is 0 Å². The predicted octanol–water partition coefficient (Wildman–Crippen LogP) is 0.990. The smallest absolute Gasteiger partial charge is 0.408 e. The fourth-order valence-corrected chi connectivity index (χ4v) is 1.04. The monoisotopic (exact) mass is 259 g/mol. The maximum atomic E-state index is 11.5. The molecular formula is C12H21NO5. The number of hydrogen-bond donors (Lipinski definition) is 2. The van der Waals surface area contributed by atoms with Crippen molar-refractivity contribution in [1.82, 2.24) is 5.32 Å². The average molecular weight is 259 g/mol. The highest BCUT2D eigenvalue weighted by Gasteiger charge is 2.29. The first-order valence-electron chi connectivity index (χ1n) is 5.62. The average Bonchev–Trinajstić information content (AvgIpc) is 2.19. The Kier molecular flexibility index (Phi) is 6.40. The predicted molar refractivity (Wildman–Crippen MR) is 66.0 cm³/mol. The second kappa shape index (κ2) is 7.00. The molecule has 1 amide bonds. The molecule has 0 aliphatic carbocycles. The summed E-state index contributed by atoms with van der Waals surface area (Å²) in [6, 6.07) is -1.17. The Bertz CT molecular complexity index is 306. The molecule has 0 spiro atoms. The van der Waals surface area contributed by atoms with Gasteiger partial charge in [0.2, 0.25) is 0 Å². The lowest BCUT2D eigenvalue weighted by molar-refractivity contribution is -0.147. The van der Waals surface area contributed by atoms with Gasteiger partial charge in [-0.1, -0.05) is 12.7 Å². The molecule has 0 aromatic rings. The van der Waals surface area contributed by atoms with Gasteiger partial charge in [-0.25, -0.2) is 9.59 Å². The Morgan fingerprint density at radius 2 is 2.00 bits per heavy atom. The molecule has 0 unspecified atom stereocenters. The lowest BCUT2D eigenvalue weighted by Gasteiger charge is -2.24. The van der Waals surface area contributed by atoms with E-state index < -0.39 is 29.8 Å². The lowest BCUT2D eigenvalue weighted by Crippen LogP contribution is -2.49. The normalized spacial score (nSPS) is 14.3. The summed E-state index contributed by atoms with van der Waals surface area (Å²) in [5.41, 5.74) is -0.682. The zero-order chi connectivity index (χ0) is 14.3. The molecule has 0 aromatic heterocycles. The van der Waals surface area contributed by atoms with Crippen molar-refractivity contribution in [1.29, 1.82) is 0 Å². The third-order valence-electron chi connectivity index (χ3n) is 1.75. The number of esters is 1. The van der Waals surface area contributed by atoms with E-state index >= 15 is 0 Å². The minimum absolute atomic E-state index is 0.0120. The van der Waals surface area contributed by atoms with Gasteiger partial charge in [0.05, 0.1) is 6.10 Å². The van der Waals surface area contributed by atoms with Crippen LogP contribution in [0.2, 0.25) is 0 Å². The molecule has 6 heteroatoms. The molecule has 104 valence electrons. The summed E-state index contributed by atoms with van der Waals surface area (Å²) in [6.07, 6.45) is -0.483. The number of nitrogens with one attached hydrogen (secondary N) is 1. The van der Waals surface area contributed by atoms with Gasteiger partial charge in [-0.3, -0.25) is 0 Å². The number of carbonyl (C=O) groups is 2. The number of ether oxygens (including phenoxy) is 2. The molecule has 0 saturated heterocycles. The van der Waals surface area contributed by atoms with E-state index in [0.29, 0.717) is 0 Å². The van der Waals surface area contributed by atoms with Crippen molar-refractivity contribution in [3.05, 3.63) is 12.7 Å². The van der Waals surface area contributed by atoms with Gasteiger partial charge in [0.25, 0.3) is 0 Å². The van der Waals surface area contributed by atoms with Gasteiger partial charge in [-0.2, -0.15) is 0 Å². The number of aliphatic hydroxyl groups excluding tert-OH is 1. The molecule has 0 radical (unpaired) electrons. The van der Waals surface area contributed by atoms with Crippen molar-refractivity contribution in [2.24, 2.45) is 0 Å². The summed E-state index contributed by atoms with van der Waals surface area (Å²) >= 11 is 0. The minimum Gasteiger partial charge on any atom is -0.460 e. The van der Waals surface area contributed by atoms with E-state index in [1.54, 1.807) is 20.8 Å². The van der Waals surface area contributed by atoms with Gasteiger partial charge in [-0.05, 0) is 27.7 Å². The van der Waals surface area contributed by atoms with Gasteiger partial charge in [0, 0.05) is 0 Å². The van der Waals surface area contributed by atoms with Crippen LogP contribution in [0.15, 0.2) is 12.7 Å². The molecular weight excluding hydrogens is 238 g/mol. The zero-order valence-corrected chi connectivity index (χ0v) is 11.2. The number of amides is 1. The van der Waals surface area contributed by atoms with Crippen LogP contribution >= 0.6 is 0 Å². The fraction of sp³-hybridized carbons (Fsp3) is 0.667. The summed E-state index contributed by atoms with van der Waals surface area (Å²) in [7, 11) is 0. The Labute approximate surface area is 107 Å². The zero-order valence-electron chi connectivity index (χ0n) is 11.2. The van der Waals surface area contributed by atoms with Gasteiger partial charge in [0.1, 0.15) is 12.2 Å². The van der Waals surface area contributed by atoms with Crippen LogP contribution < -0.4 is 5.32 Å². The molecule has 18 heavy (non-hydrogen) atoms. The molecule has 6 nitrogen and oxygen atoms in total. The first-order chi connectivity index (χ1) is 8.17. The van der Waals surface area contributed by atoms with Crippen molar-refractivity contribution in [2.45, 2.75) is 45.4 Å². The lowest BCUT2D eigenvalue weighted by atomic mass is 10.2. The SMILES string of the molecule is C=CCOC(=O)[C@@H](NC(=O)OC(C)(C)C)[C@@H](C)O. The molecule has 0 rings (SSSR count). The van der Waals surface area contributed by atoms with Crippen LogP contribution in [0.5, 0.6) is 0 Å². The molecule has 0 heterocycles. The fourth-order valence-electron chi connectivity index (χ4n) is 1.04. The molecule has 0 fully saturated rings. The number of alkyl carbamates (subject to hydrolysis) is 1. The highest BCUT2D eigenvalue weighted by molar-refractivity contribution is 5.82. The van der Waals surface area contributed by atoms with E-state index in [4.69, 9.17) is 9.47 Å². The van der Waals surface area contributed by atoms with E-state index in [-0.39, 0.29) is 6.61 Å². The molecule has 0 bridgehead atoms. The second-order valence-corrected chi connectivity index (χ2v) is 4.78. The van der Waals surface area contributed by atoms with E-state index in [9.17, 15) is 14.7 Å². The summed E-state index contributed by atoms with van der Waals surface area (Å²) in [4.78, 5) is 23.0. The first kappa shape index (κ1) is 16.4. The van der Waals surface area contributed by atoms with Crippen molar-refractivity contribution < 1.29 is 24.2 Å². The van der Waals surface area contributed by atoms with Crippen LogP contribution in [0.25, 0.3) is 0 Å². The summed E-state index contributed by atoms with van der Waals surface area (Å²) in [6.45, 7) is 9.86. The summed E-state index contributed by atoms with van der Waals surface area (Å²) in [5.74, 6) is -0.740. The number of hydrogen-bond acceptors (Lipinski definition) is 5. The Morgan fingerprint density at radius 1 is 1.44 bits per heavy atom. The second-order valence-electron chi connectivity index (χ2n) is 4.78. The van der Waals surface area contributed by atoms with E-state index in [1.165, 1.54) is 13.0 Å². The summed E-state index contributed by atoms with van der Waals surface area (Å²) < 4.78 is 9.74. The molecule has 0 aliphatic rings. The van der Waals surface area contributed by atoms with E-state index in [1.807, 2.05) is 0 Å². The van der Waals surface area contributed by atoms with E-state index in [0.717, 1.165) is 0 Å². The van der Waals surface area contributed by atoms with Crippen LogP contribution in [-0.4, -0.2) is 41.5 Å². The van der Waals surface area contributed by atoms with Crippen LogP contribution in [0.1, 0.15) is 27.7 Å². The van der Waals surface area contributed by atoms with Gasteiger partial charge >= 0.3 is 12.1 Å². The third kappa shape index (κ3) is 6.90. The number of carbonyl (C=O) groups excluding carboxylic acids is 2. The molecule has 2 N–H and O–H groups in total. The van der Waals surface area contributed by atoms with Gasteiger partial charge in [0.15, 0.2) is 6.04 Å². The topological polar surface area (TPSA) is 84.9 Å². The largest absolute Gasteiger partial charge is 0.460 e.